The monoisotopic (exact) mass is 1380 g/mol. The van der Waals surface area contributed by atoms with Crippen molar-refractivity contribution in [2.24, 2.45) is 23.7 Å². The van der Waals surface area contributed by atoms with Gasteiger partial charge in [0, 0.05) is 85.1 Å². The molecular formula is C92H77Br2N3. The molecule has 0 spiro atoms. The summed E-state index contributed by atoms with van der Waals surface area (Å²) < 4.78 is 6.81. The first-order valence-electron chi connectivity index (χ1n) is 35.5. The average Bonchev–Trinajstić information content (AvgIpc) is 1.62. The van der Waals surface area contributed by atoms with Crippen LogP contribution in [-0.2, 0) is 11.1 Å². The Morgan fingerprint density at radius 3 is 0.742 bits per heavy atom. The third-order valence-electron chi connectivity index (χ3n) is 23.6. The molecule has 3 aromatic heterocycles. The van der Waals surface area contributed by atoms with E-state index in [0.29, 0.717) is 20.5 Å². The van der Waals surface area contributed by atoms with Crippen LogP contribution < -0.4 is 0 Å². The summed E-state index contributed by atoms with van der Waals surface area (Å²) in [7, 11) is 0. The van der Waals surface area contributed by atoms with Gasteiger partial charge in [-0.05, 0) is 240 Å². The summed E-state index contributed by atoms with van der Waals surface area (Å²) in [5.74, 6) is 3.41. The molecule has 474 valence electrons. The second kappa shape index (κ2) is 23.4. The molecular weight excluding hydrogens is 1310 g/mol. The first-order valence-corrected chi connectivity index (χ1v) is 37.1. The van der Waals surface area contributed by atoms with Gasteiger partial charge in [-0.25, -0.2) is 0 Å². The van der Waals surface area contributed by atoms with E-state index in [1.807, 2.05) is 0 Å². The third kappa shape index (κ3) is 10.5. The lowest BCUT2D eigenvalue weighted by molar-refractivity contribution is -0.0857. The fourth-order valence-electron chi connectivity index (χ4n) is 20.6. The van der Waals surface area contributed by atoms with Crippen molar-refractivity contribution >= 4 is 97.3 Å². The highest BCUT2D eigenvalue weighted by Crippen LogP contribution is 2.66. The summed E-state index contributed by atoms with van der Waals surface area (Å²) in [5.41, 5.74) is 23.1. The van der Waals surface area contributed by atoms with Crippen molar-refractivity contribution in [1.29, 1.82) is 0 Å². The van der Waals surface area contributed by atoms with Gasteiger partial charge in [0.2, 0.25) is 0 Å². The number of aromatic nitrogens is 3. The van der Waals surface area contributed by atoms with E-state index in [1.165, 1.54) is 203 Å². The van der Waals surface area contributed by atoms with Gasteiger partial charge in [0.25, 0.3) is 0 Å². The van der Waals surface area contributed by atoms with Crippen LogP contribution in [0.2, 0.25) is 0 Å². The van der Waals surface area contributed by atoms with Gasteiger partial charge >= 0.3 is 0 Å². The molecule has 3 nitrogen and oxygen atoms in total. The Hall–Kier alpha value is -9.00. The van der Waals surface area contributed by atoms with Gasteiger partial charge in [-0.1, -0.05) is 250 Å². The summed E-state index contributed by atoms with van der Waals surface area (Å²) in [5, 5.41) is 8.02. The third-order valence-corrected chi connectivity index (χ3v) is 25.5. The molecule has 12 aromatic carbocycles. The Kier molecular flexibility index (Phi) is 14.3. The number of halogens is 2. The molecule has 0 saturated heterocycles. The quantitative estimate of drug-likeness (QED) is 0.147. The lowest BCUT2D eigenvalue weighted by atomic mass is 9.49. The fraction of sp³-hybridized carbons (Fsp3) is 0.217. The predicted molar refractivity (Wildman–Crippen MR) is 416 cm³/mol. The van der Waals surface area contributed by atoms with Gasteiger partial charge in [-0.2, -0.15) is 0 Å². The number of alkyl halides is 2. The molecule has 0 radical (unpaired) electrons. The molecule has 5 heteroatoms. The maximum absolute atomic E-state index is 3.96. The van der Waals surface area contributed by atoms with E-state index < -0.39 is 0 Å². The molecule has 0 amide bonds. The number of hydrogen-bond acceptors (Lipinski definition) is 0. The minimum atomic E-state index is 0.0173. The van der Waals surface area contributed by atoms with Gasteiger partial charge in [-0.3, -0.25) is 0 Å². The molecule has 0 unspecified atom stereocenters. The van der Waals surface area contributed by atoms with Crippen LogP contribution in [0.15, 0.2) is 291 Å². The van der Waals surface area contributed by atoms with Crippen LogP contribution in [0.5, 0.6) is 0 Å². The van der Waals surface area contributed by atoms with Crippen LogP contribution in [0, 0.1) is 23.7 Å². The van der Waals surface area contributed by atoms with Crippen LogP contribution in [0.25, 0.3) is 132 Å². The van der Waals surface area contributed by atoms with Gasteiger partial charge in [0.15, 0.2) is 0 Å². The normalized spacial score (nSPS) is 24.3. The average molecular weight is 1380 g/mol. The van der Waals surface area contributed by atoms with Crippen molar-refractivity contribution < 1.29 is 0 Å². The molecule has 1 N–H and O–H groups in total. The van der Waals surface area contributed by atoms with E-state index >= 15 is 0 Å². The molecule has 97 heavy (non-hydrogen) atoms. The largest absolute Gasteiger partial charge is 0.355 e. The lowest BCUT2D eigenvalue weighted by Crippen LogP contribution is -2.60. The number of nitrogens with zero attached hydrogens (tertiary/aromatic N) is 2. The number of fused-ring (bicyclic) bond motifs is 9. The van der Waals surface area contributed by atoms with Crippen LogP contribution in [0.4, 0.5) is 0 Å². The number of H-pyrrole nitrogens is 1. The Morgan fingerprint density at radius 1 is 0.247 bits per heavy atom. The highest BCUT2D eigenvalue weighted by molar-refractivity contribution is 9.10. The minimum Gasteiger partial charge on any atom is -0.355 e. The van der Waals surface area contributed by atoms with Gasteiger partial charge in [-0.15, -0.1) is 0 Å². The Morgan fingerprint density at radius 2 is 0.485 bits per heavy atom. The fourth-order valence-corrected chi connectivity index (χ4v) is 23.8. The maximum Gasteiger partial charge on any atom is 0.0497 e. The maximum atomic E-state index is 3.96. The molecule has 0 aliphatic heterocycles. The summed E-state index contributed by atoms with van der Waals surface area (Å²) in [6, 6.07) is 107. The summed E-state index contributed by atoms with van der Waals surface area (Å²) in [6.45, 7) is 0. The second-order valence-electron chi connectivity index (χ2n) is 30.1. The zero-order chi connectivity index (χ0) is 64.5. The molecule has 8 fully saturated rings. The van der Waals surface area contributed by atoms with E-state index in [9.17, 15) is 0 Å². The summed E-state index contributed by atoms with van der Waals surface area (Å²) >= 11 is 7.92. The lowest BCUT2D eigenvalue weighted by Gasteiger charge is -2.63. The van der Waals surface area contributed by atoms with Crippen molar-refractivity contribution in [3.8, 4) is 66.8 Å². The van der Waals surface area contributed by atoms with Crippen molar-refractivity contribution in [2.45, 2.75) is 96.8 Å². The summed E-state index contributed by atoms with van der Waals surface area (Å²) in [4.78, 5) is 3.54. The molecule has 8 bridgehead atoms. The number of hydrogen-bond donors (Lipinski definition) is 1. The Labute approximate surface area is 585 Å². The van der Waals surface area contributed by atoms with E-state index in [4.69, 9.17) is 0 Å². The van der Waals surface area contributed by atoms with Crippen LogP contribution >= 0.6 is 31.9 Å². The molecule has 15 aromatic rings. The topological polar surface area (TPSA) is 25.6 Å². The van der Waals surface area contributed by atoms with Crippen LogP contribution in [-0.4, -0.2) is 22.8 Å². The van der Waals surface area contributed by atoms with E-state index in [-0.39, 0.29) is 11.1 Å². The van der Waals surface area contributed by atoms with Gasteiger partial charge in [0.05, 0.1) is 0 Å². The molecule has 3 heterocycles. The first-order chi connectivity index (χ1) is 47.6. The Bertz CT molecular complexity index is 4920. The predicted octanol–water partition coefficient (Wildman–Crippen LogP) is 25.8. The SMILES string of the molecule is BrC12CC3CC(C1)CC(Br)(C3)C2.c1ccc(-c2ccc3[nH]c4ccc(-c5ccccc5)cc4c3c2)cc1.c1ccc(-c2ccc3c(c2)c2cc(-c4ccccc4)ccc2n3C23CC4CC(C2)CC(n2c5ccc(-c6ccccc6)cc5c5cc(-c6ccccc6)ccc52)(C4)C3)cc1. The summed E-state index contributed by atoms with van der Waals surface area (Å²) in [6.07, 6.45) is 16.1. The molecule has 23 rings (SSSR count). The van der Waals surface area contributed by atoms with E-state index in [2.05, 4.69) is 337 Å². The van der Waals surface area contributed by atoms with Crippen LogP contribution in [0.3, 0.4) is 0 Å². The highest BCUT2D eigenvalue weighted by Gasteiger charge is 2.60. The number of benzene rings is 12. The van der Waals surface area contributed by atoms with E-state index in [0.717, 1.165) is 18.3 Å². The molecule has 8 aliphatic carbocycles. The van der Waals surface area contributed by atoms with Crippen molar-refractivity contribution in [3.05, 3.63) is 291 Å². The Balaban J connectivity index is 0.000000145. The smallest absolute Gasteiger partial charge is 0.0497 e. The molecule has 8 aliphatic rings. The van der Waals surface area contributed by atoms with E-state index in [1.54, 1.807) is 0 Å². The van der Waals surface area contributed by atoms with Gasteiger partial charge in [0.1, 0.15) is 0 Å². The minimum absolute atomic E-state index is 0.0173. The van der Waals surface area contributed by atoms with Crippen molar-refractivity contribution in [1.82, 2.24) is 14.1 Å². The van der Waals surface area contributed by atoms with Crippen molar-refractivity contribution in [2.75, 3.05) is 0 Å². The highest BCUT2D eigenvalue weighted by atomic mass is 79.9. The zero-order valence-electron chi connectivity index (χ0n) is 54.7. The van der Waals surface area contributed by atoms with Crippen molar-refractivity contribution in [3.63, 3.8) is 0 Å². The standard InChI is InChI=1S/C58H46N2.C24H17N.C10H14Br2/c1-5-13-41(14-6-1)45-21-25-53-49(30-45)50-31-46(42-15-7-2-8-16-42)22-26-54(50)59(53)57-34-39-29-40(35-57)37-58(36-39,38-57)60-55-27-23-47(43-17-9-3-10-18-43)32-51(55)52-33-48(24-28-56(52)60)44-19-11-4-12-20-44;1-3-7-17(8-4-1)19-11-13-23-21(15-19)22-16-20(12-14-24(22)25-23)18-9-5-2-6-10-18;11-9-2-7-1-8(4-9)5-10(12,3-7)6-9/h1-28,30-33,39-40H,29,34-38H2;1-16,25H;7-8H,1-6H2. The van der Waals surface area contributed by atoms with Crippen LogP contribution in [0.1, 0.15) is 77.0 Å². The second-order valence-corrected chi connectivity index (χ2v) is 33.5. The molecule has 0 atom stereocenters. The number of nitrogens with one attached hydrogen (secondary N) is 1. The zero-order valence-corrected chi connectivity index (χ0v) is 57.8. The number of aromatic amines is 1. The number of rotatable bonds is 8. The molecule has 8 saturated carbocycles. The van der Waals surface area contributed by atoms with Gasteiger partial charge < -0.3 is 14.1 Å². The first kappa shape index (κ1) is 59.3.